The molecule has 1 heterocycles. The fourth-order valence-electron chi connectivity index (χ4n) is 2.29. The molecule has 0 saturated carbocycles. The lowest BCUT2D eigenvalue weighted by atomic mass is 9.89. The molecule has 1 amide bonds. The molecule has 0 spiro atoms. The van der Waals surface area contributed by atoms with Crippen LogP contribution >= 0.6 is 0 Å². The third-order valence-corrected chi connectivity index (χ3v) is 3.46. The van der Waals surface area contributed by atoms with Crippen LogP contribution in [0.1, 0.15) is 53.4 Å². The van der Waals surface area contributed by atoms with Crippen molar-refractivity contribution >= 4 is 5.91 Å². The van der Waals surface area contributed by atoms with Gasteiger partial charge < -0.3 is 10.6 Å². The van der Waals surface area contributed by atoms with Crippen molar-refractivity contribution in [1.82, 2.24) is 10.6 Å². The predicted molar refractivity (Wildman–Crippen MR) is 71.9 cm³/mol. The summed E-state index contributed by atoms with van der Waals surface area (Å²) in [6.07, 6.45) is 3.84. The van der Waals surface area contributed by atoms with Crippen molar-refractivity contribution in [3.63, 3.8) is 0 Å². The first-order valence-corrected chi connectivity index (χ1v) is 6.88. The molecular formula is C14H28N2O. The minimum absolute atomic E-state index is 0.230. The highest BCUT2D eigenvalue weighted by Crippen LogP contribution is 2.21. The number of hydrogen-bond donors (Lipinski definition) is 2. The average Bonchev–Trinajstić information content (AvgIpc) is 2.19. The van der Waals surface area contributed by atoms with Crippen molar-refractivity contribution in [3.8, 4) is 0 Å². The summed E-state index contributed by atoms with van der Waals surface area (Å²) in [6, 6.07) is 0.374. The molecule has 0 aliphatic carbocycles. The van der Waals surface area contributed by atoms with E-state index in [1.807, 2.05) is 0 Å². The number of carbonyl (C=O) groups excluding carboxylic acids is 1. The van der Waals surface area contributed by atoms with Gasteiger partial charge in [-0.3, -0.25) is 4.79 Å². The lowest BCUT2D eigenvalue weighted by molar-refractivity contribution is -0.122. The SMILES string of the molecule is CC1CNCCC1NC(=O)CCCC(C)(C)C. The monoisotopic (exact) mass is 240 g/mol. The molecule has 3 heteroatoms. The van der Waals surface area contributed by atoms with Crippen molar-refractivity contribution < 1.29 is 4.79 Å². The van der Waals surface area contributed by atoms with Gasteiger partial charge in [0.25, 0.3) is 0 Å². The molecule has 1 aliphatic rings. The summed E-state index contributed by atoms with van der Waals surface area (Å²) in [4.78, 5) is 11.8. The zero-order valence-corrected chi connectivity index (χ0v) is 11.8. The number of amides is 1. The first kappa shape index (κ1) is 14.5. The lowest BCUT2D eigenvalue weighted by Gasteiger charge is -2.30. The Morgan fingerprint density at radius 3 is 2.71 bits per heavy atom. The first-order chi connectivity index (χ1) is 7.88. The van der Waals surface area contributed by atoms with Gasteiger partial charge in [0.2, 0.25) is 5.91 Å². The quantitative estimate of drug-likeness (QED) is 0.792. The molecule has 0 aromatic rings. The lowest BCUT2D eigenvalue weighted by Crippen LogP contribution is -2.48. The fraction of sp³-hybridized carbons (Fsp3) is 0.929. The van der Waals surface area contributed by atoms with Crippen LogP contribution in [-0.4, -0.2) is 25.0 Å². The average molecular weight is 240 g/mol. The molecule has 100 valence electrons. The number of hydrogen-bond acceptors (Lipinski definition) is 2. The van der Waals surface area contributed by atoms with Crippen LogP contribution in [0.3, 0.4) is 0 Å². The van der Waals surface area contributed by atoms with Crippen LogP contribution in [0.5, 0.6) is 0 Å². The van der Waals surface area contributed by atoms with Gasteiger partial charge in [0.1, 0.15) is 0 Å². The van der Waals surface area contributed by atoms with Gasteiger partial charge in [-0.1, -0.05) is 27.7 Å². The molecule has 2 unspecified atom stereocenters. The molecular weight excluding hydrogens is 212 g/mol. The van der Waals surface area contributed by atoms with Crippen molar-refractivity contribution in [3.05, 3.63) is 0 Å². The summed E-state index contributed by atoms with van der Waals surface area (Å²) < 4.78 is 0. The Bertz CT molecular complexity index is 245. The van der Waals surface area contributed by atoms with E-state index in [0.717, 1.165) is 32.4 Å². The maximum absolute atomic E-state index is 11.8. The summed E-state index contributed by atoms with van der Waals surface area (Å²) in [7, 11) is 0. The van der Waals surface area contributed by atoms with Crippen LogP contribution < -0.4 is 10.6 Å². The summed E-state index contributed by atoms with van der Waals surface area (Å²) in [5.74, 6) is 0.781. The second-order valence-electron chi connectivity index (χ2n) is 6.56. The van der Waals surface area contributed by atoms with E-state index in [0.29, 0.717) is 23.8 Å². The molecule has 0 bridgehead atoms. The smallest absolute Gasteiger partial charge is 0.220 e. The van der Waals surface area contributed by atoms with Gasteiger partial charge in [-0.15, -0.1) is 0 Å². The Morgan fingerprint density at radius 2 is 2.12 bits per heavy atom. The maximum atomic E-state index is 11.8. The Hall–Kier alpha value is -0.570. The molecule has 0 radical (unpaired) electrons. The van der Waals surface area contributed by atoms with Crippen LogP contribution in [-0.2, 0) is 4.79 Å². The number of carbonyl (C=O) groups is 1. The minimum Gasteiger partial charge on any atom is -0.353 e. The minimum atomic E-state index is 0.230. The van der Waals surface area contributed by atoms with E-state index in [4.69, 9.17) is 0 Å². The molecule has 1 aliphatic heterocycles. The van der Waals surface area contributed by atoms with E-state index in [1.54, 1.807) is 0 Å². The Morgan fingerprint density at radius 1 is 1.41 bits per heavy atom. The summed E-state index contributed by atoms with van der Waals surface area (Å²) in [6.45, 7) is 10.9. The standard InChI is InChI=1S/C14H28N2O/c1-11-10-15-9-7-12(11)16-13(17)6-5-8-14(2,3)4/h11-12,15H,5-10H2,1-4H3,(H,16,17). The molecule has 1 rings (SSSR count). The van der Waals surface area contributed by atoms with Crippen LogP contribution in [0, 0.1) is 11.3 Å². The topological polar surface area (TPSA) is 41.1 Å². The van der Waals surface area contributed by atoms with Crippen molar-refractivity contribution in [2.24, 2.45) is 11.3 Å². The summed E-state index contributed by atoms with van der Waals surface area (Å²) in [5.41, 5.74) is 0.336. The van der Waals surface area contributed by atoms with Crippen LogP contribution in [0.4, 0.5) is 0 Å². The van der Waals surface area contributed by atoms with E-state index in [-0.39, 0.29) is 5.91 Å². The van der Waals surface area contributed by atoms with Gasteiger partial charge in [-0.05, 0) is 43.7 Å². The molecule has 17 heavy (non-hydrogen) atoms. The number of piperidine rings is 1. The number of nitrogens with one attached hydrogen (secondary N) is 2. The van der Waals surface area contributed by atoms with E-state index >= 15 is 0 Å². The highest BCUT2D eigenvalue weighted by molar-refractivity contribution is 5.76. The largest absolute Gasteiger partial charge is 0.353 e. The second kappa shape index (κ2) is 6.39. The Kier molecular flexibility index (Phi) is 5.44. The third kappa shape index (κ3) is 6.06. The van der Waals surface area contributed by atoms with Gasteiger partial charge in [0, 0.05) is 12.5 Å². The zero-order chi connectivity index (χ0) is 12.9. The van der Waals surface area contributed by atoms with Gasteiger partial charge in [-0.25, -0.2) is 0 Å². The fourth-order valence-corrected chi connectivity index (χ4v) is 2.29. The van der Waals surface area contributed by atoms with E-state index in [1.165, 1.54) is 0 Å². The molecule has 2 N–H and O–H groups in total. The van der Waals surface area contributed by atoms with E-state index in [2.05, 4.69) is 38.3 Å². The third-order valence-electron chi connectivity index (χ3n) is 3.46. The molecule has 1 saturated heterocycles. The van der Waals surface area contributed by atoms with Crippen molar-refractivity contribution in [2.45, 2.75) is 59.4 Å². The van der Waals surface area contributed by atoms with Gasteiger partial charge in [-0.2, -0.15) is 0 Å². The van der Waals surface area contributed by atoms with Gasteiger partial charge in [0.15, 0.2) is 0 Å². The highest BCUT2D eigenvalue weighted by Gasteiger charge is 2.22. The highest BCUT2D eigenvalue weighted by atomic mass is 16.1. The van der Waals surface area contributed by atoms with Crippen LogP contribution in [0.15, 0.2) is 0 Å². The predicted octanol–water partition coefficient (Wildman–Crippen LogP) is 2.32. The zero-order valence-electron chi connectivity index (χ0n) is 11.8. The molecule has 2 atom stereocenters. The summed E-state index contributed by atoms with van der Waals surface area (Å²) in [5, 5.41) is 6.53. The molecule has 3 nitrogen and oxygen atoms in total. The summed E-state index contributed by atoms with van der Waals surface area (Å²) >= 11 is 0. The Labute approximate surface area is 106 Å². The van der Waals surface area contributed by atoms with Crippen molar-refractivity contribution in [2.75, 3.05) is 13.1 Å². The molecule has 0 aromatic carbocycles. The van der Waals surface area contributed by atoms with E-state index in [9.17, 15) is 4.79 Å². The Balaban J connectivity index is 2.20. The van der Waals surface area contributed by atoms with Crippen LogP contribution in [0.2, 0.25) is 0 Å². The number of rotatable bonds is 4. The normalized spacial score (nSPS) is 25.6. The second-order valence-corrected chi connectivity index (χ2v) is 6.56. The van der Waals surface area contributed by atoms with Crippen molar-refractivity contribution in [1.29, 1.82) is 0 Å². The van der Waals surface area contributed by atoms with E-state index < -0.39 is 0 Å². The van der Waals surface area contributed by atoms with Gasteiger partial charge in [0.05, 0.1) is 0 Å². The molecule has 1 fully saturated rings. The van der Waals surface area contributed by atoms with Gasteiger partial charge >= 0.3 is 0 Å². The molecule has 0 aromatic heterocycles. The maximum Gasteiger partial charge on any atom is 0.220 e. The van der Waals surface area contributed by atoms with Crippen LogP contribution in [0.25, 0.3) is 0 Å². The first-order valence-electron chi connectivity index (χ1n) is 6.88.